The molecule has 1 fully saturated rings. The molecule has 3 nitrogen and oxygen atoms in total. The lowest BCUT2D eigenvalue weighted by molar-refractivity contribution is 0.399. The number of hydrogen-bond acceptors (Lipinski definition) is 2. The number of nitrogens with one attached hydrogen (secondary N) is 2. The maximum atomic E-state index is 4.52. The first-order chi connectivity index (χ1) is 8.83. The number of hydrogen-bond donors (Lipinski definition) is 2. The fourth-order valence-electron chi connectivity index (χ4n) is 2.48. The predicted octanol–water partition coefficient (Wildman–Crippen LogP) is 4.04. The number of aromatic nitrogens is 2. The lowest BCUT2D eigenvalue weighted by atomic mass is 10.0. The maximum Gasteiger partial charge on any atom is 0.123 e. The molecule has 5 heteroatoms. The summed E-state index contributed by atoms with van der Waals surface area (Å²) in [5.41, 5.74) is 3.60. The largest absolute Gasteiger partial charge is 0.341 e. The first kappa shape index (κ1) is 17.0. The van der Waals surface area contributed by atoms with Gasteiger partial charge in [-0.15, -0.1) is 24.8 Å². The molecule has 2 heterocycles. The summed E-state index contributed by atoms with van der Waals surface area (Å²) in [5, 5.41) is 3.52. The van der Waals surface area contributed by atoms with Crippen LogP contribution in [0.5, 0.6) is 0 Å². The molecule has 1 aliphatic rings. The molecule has 2 aromatic rings. The molecule has 20 heavy (non-hydrogen) atoms. The Morgan fingerprint density at radius 1 is 1.10 bits per heavy atom. The summed E-state index contributed by atoms with van der Waals surface area (Å²) < 4.78 is 0. The lowest BCUT2D eigenvalue weighted by Gasteiger charge is -2.21. The number of rotatable bonds is 2. The van der Waals surface area contributed by atoms with Crippen molar-refractivity contribution in [2.75, 3.05) is 6.54 Å². The van der Waals surface area contributed by atoms with Gasteiger partial charge in [0.05, 0.1) is 17.9 Å². The summed E-state index contributed by atoms with van der Waals surface area (Å²) in [6.07, 6.45) is 5.69. The van der Waals surface area contributed by atoms with Crippen molar-refractivity contribution in [3.05, 3.63) is 41.9 Å². The fourth-order valence-corrected chi connectivity index (χ4v) is 2.48. The van der Waals surface area contributed by atoms with Crippen LogP contribution in [0.25, 0.3) is 11.3 Å². The molecule has 1 saturated heterocycles. The summed E-state index contributed by atoms with van der Waals surface area (Å²) in [6.45, 7) is 3.21. The topological polar surface area (TPSA) is 40.7 Å². The zero-order valence-electron chi connectivity index (χ0n) is 11.6. The van der Waals surface area contributed by atoms with Crippen molar-refractivity contribution in [3.63, 3.8) is 0 Å². The molecular weight excluding hydrogens is 293 g/mol. The van der Waals surface area contributed by atoms with Crippen molar-refractivity contribution in [2.45, 2.75) is 32.2 Å². The molecule has 110 valence electrons. The minimum absolute atomic E-state index is 0. The summed E-state index contributed by atoms with van der Waals surface area (Å²) >= 11 is 0. The highest BCUT2D eigenvalue weighted by Crippen LogP contribution is 2.24. The van der Waals surface area contributed by atoms with Crippen molar-refractivity contribution < 1.29 is 0 Å². The van der Waals surface area contributed by atoms with Crippen molar-refractivity contribution in [1.82, 2.24) is 15.3 Å². The van der Waals surface area contributed by atoms with Gasteiger partial charge < -0.3 is 10.3 Å². The number of benzene rings is 1. The van der Waals surface area contributed by atoms with E-state index in [1.807, 2.05) is 6.20 Å². The van der Waals surface area contributed by atoms with Gasteiger partial charge in [-0.05, 0) is 31.9 Å². The molecule has 1 aliphatic heterocycles. The molecule has 1 aromatic carbocycles. The normalized spacial score (nSPS) is 17.9. The lowest BCUT2D eigenvalue weighted by Crippen LogP contribution is -2.27. The third-order valence-electron chi connectivity index (χ3n) is 3.60. The molecule has 0 amide bonds. The molecular formula is C15H21Cl2N3. The quantitative estimate of drug-likeness (QED) is 0.878. The van der Waals surface area contributed by atoms with E-state index in [1.54, 1.807) is 0 Å². The SMILES string of the molecule is Cc1ccc(-c2cnc(C3CCCCN3)[nH]2)cc1.Cl.Cl. The molecule has 0 spiro atoms. The fraction of sp³-hybridized carbons (Fsp3) is 0.400. The smallest absolute Gasteiger partial charge is 0.123 e. The molecule has 2 N–H and O–H groups in total. The summed E-state index contributed by atoms with van der Waals surface area (Å²) in [4.78, 5) is 7.97. The first-order valence-corrected chi connectivity index (χ1v) is 6.68. The van der Waals surface area contributed by atoms with Crippen LogP contribution in [0.2, 0.25) is 0 Å². The van der Waals surface area contributed by atoms with Gasteiger partial charge in [-0.1, -0.05) is 36.2 Å². The Hall–Kier alpha value is -1.03. The van der Waals surface area contributed by atoms with Crippen LogP contribution >= 0.6 is 24.8 Å². The number of aryl methyl sites for hydroxylation is 1. The van der Waals surface area contributed by atoms with Gasteiger partial charge in [-0.2, -0.15) is 0 Å². The van der Waals surface area contributed by atoms with E-state index in [9.17, 15) is 0 Å². The molecule has 1 atom stereocenters. The number of imidazole rings is 1. The number of nitrogens with zero attached hydrogens (tertiary/aromatic N) is 1. The predicted molar refractivity (Wildman–Crippen MR) is 87.9 cm³/mol. The standard InChI is InChI=1S/C15H19N3.2ClH/c1-11-5-7-12(8-6-11)14-10-17-15(18-14)13-4-2-3-9-16-13;;/h5-8,10,13,16H,2-4,9H2,1H3,(H,17,18);2*1H. The third-order valence-corrected chi connectivity index (χ3v) is 3.60. The van der Waals surface area contributed by atoms with Crippen LogP contribution in [0.1, 0.15) is 36.7 Å². The Morgan fingerprint density at radius 2 is 1.85 bits per heavy atom. The van der Waals surface area contributed by atoms with E-state index in [2.05, 4.69) is 46.5 Å². The Kier molecular flexibility index (Phi) is 6.53. The van der Waals surface area contributed by atoms with Crippen LogP contribution in [0.4, 0.5) is 0 Å². The zero-order chi connectivity index (χ0) is 12.4. The third kappa shape index (κ3) is 3.75. The van der Waals surface area contributed by atoms with E-state index in [4.69, 9.17) is 0 Å². The van der Waals surface area contributed by atoms with Gasteiger partial charge in [0.2, 0.25) is 0 Å². The minimum atomic E-state index is 0. The van der Waals surface area contributed by atoms with Crippen molar-refractivity contribution in [1.29, 1.82) is 0 Å². The van der Waals surface area contributed by atoms with E-state index in [1.165, 1.54) is 30.4 Å². The minimum Gasteiger partial charge on any atom is -0.341 e. The van der Waals surface area contributed by atoms with Crippen molar-refractivity contribution >= 4 is 24.8 Å². The van der Waals surface area contributed by atoms with Gasteiger partial charge in [-0.3, -0.25) is 0 Å². The van der Waals surface area contributed by atoms with Gasteiger partial charge in [0.25, 0.3) is 0 Å². The highest BCUT2D eigenvalue weighted by molar-refractivity contribution is 5.85. The van der Waals surface area contributed by atoms with Gasteiger partial charge >= 0.3 is 0 Å². The summed E-state index contributed by atoms with van der Waals surface area (Å²) in [6, 6.07) is 8.95. The highest BCUT2D eigenvalue weighted by atomic mass is 35.5. The molecule has 3 rings (SSSR count). The molecule has 0 aliphatic carbocycles. The Balaban J connectivity index is 0.000001000. The Labute approximate surface area is 132 Å². The number of halogens is 2. The average Bonchev–Trinajstić information content (AvgIpc) is 2.90. The van der Waals surface area contributed by atoms with Crippen LogP contribution in [-0.2, 0) is 0 Å². The zero-order valence-corrected chi connectivity index (χ0v) is 13.2. The van der Waals surface area contributed by atoms with E-state index >= 15 is 0 Å². The number of aromatic amines is 1. The van der Waals surface area contributed by atoms with Crippen LogP contribution < -0.4 is 5.32 Å². The highest BCUT2D eigenvalue weighted by Gasteiger charge is 2.17. The second-order valence-corrected chi connectivity index (χ2v) is 5.05. The van der Waals surface area contributed by atoms with Crippen LogP contribution in [-0.4, -0.2) is 16.5 Å². The molecule has 0 saturated carbocycles. The second kappa shape index (κ2) is 7.67. The van der Waals surface area contributed by atoms with Crippen LogP contribution in [0, 0.1) is 6.92 Å². The van der Waals surface area contributed by atoms with Gasteiger partial charge in [0.15, 0.2) is 0 Å². The summed E-state index contributed by atoms with van der Waals surface area (Å²) in [7, 11) is 0. The van der Waals surface area contributed by atoms with Gasteiger partial charge in [-0.25, -0.2) is 4.98 Å². The van der Waals surface area contributed by atoms with E-state index in [0.717, 1.165) is 18.1 Å². The van der Waals surface area contributed by atoms with E-state index in [-0.39, 0.29) is 24.8 Å². The van der Waals surface area contributed by atoms with Crippen LogP contribution in [0.3, 0.4) is 0 Å². The van der Waals surface area contributed by atoms with E-state index in [0.29, 0.717) is 6.04 Å². The molecule has 0 radical (unpaired) electrons. The molecule has 1 unspecified atom stereocenters. The van der Waals surface area contributed by atoms with Gasteiger partial charge in [0, 0.05) is 0 Å². The molecule has 0 bridgehead atoms. The second-order valence-electron chi connectivity index (χ2n) is 5.05. The number of H-pyrrole nitrogens is 1. The van der Waals surface area contributed by atoms with E-state index < -0.39 is 0 Å². The number of piperidine rings is 1. The monoisotopic (exact) mass is 313 g/mol. The van der Waals surface area contributed by atoms with Crippen LogP contribution in [0.15, 0.2) is 30.5 Å². The van der Waals surface area contributed by atoms with Gasteiger partial charge in [0.1, 0.15) is 5.82 Å². The maximum absolute atomic E-state index is 4.52. The molecule has 1 aromatic heterocycles. The first-order valence-electron chi connectivity index (χ1n) is 6.68. The van der Waals surface area contributed by atoms with Crippen molar-refractivity contribution in [3.8, 4) is 11.3 Å². The Bertz CT molecular complexity index is 516. The average molecular weight is 314 g/mol. The summed E-state index contributed by atoms with van der Waals surface area (Å²) in [5.74, 6) is 1.07. The van der Waals surface area contributed by atoms with Crippen molar-refractivity contribution in [2.24, 2.45) is 0 Å². The Morgan fingerprint density at radius 3 is 2.50 bits per heavy atom.